The first-order valence-electron chi connectivity index (χ1n) is 28.6. The lowest BCUT2D eigenvalue weighted by atomic mass is 10.0. The summed E-state index contributed by atoms with van der Waals surface area (Å²) in [5.41, 5.74) is 0. The van der Waals surface area contributed by atoms with Gasteiger partial charge in [0.2, 0.25) is 5.91 Å². The van der Waals surface area contributed by atoms with Gasteiger partial charge in [0.25, 0.3) is 0 Å². The van der Waals surface area contributed by atoms with Crippen molar-refractivity contribution in [1.29, 1.82) is 0 Å². The number of nitrogens with one attached hydrogen (secondary N) is 1. The highest BCUT2D eigenvalue weighted by Crippen LogP contribution is 2.43. The molecule has 0 aromatic carbocycles. The van der Waals surface area contributed by atoms with Gasteiger partial charge in [0.15, 0.2) is 0 Å². The number of carbonyl (C=O) groups is 2. The summed E-state index contributed by atoms with van der Waals surface area (Å²) in [6.07, 6.45) is 60.8. The van der Waals surface area contributed by atoms with Crippen LogP contribution in [0.25, 0.3) is 0 Å². The lowest BCUT2D eigenvalue weighted by Crippen LogP contribution is -2.47. The Morgan fingerprint density at radius 2 is 0.899 bits per heavy atom. The molecule has 0 spiro atoms. The molecule has 0 heterocycles. The molecule has 0 bridgehead atoms. The lowest BCUT2D eigenvalue weighted by molar-refractivity contribution is -0.870. The molecule has 0 aliphatic rings. The molecule has 69 heavy (non-hydrogen) atoms. The first kappa shape index (κ1) is 66.7. The highest BCUT2D eigenvalue weighted by atomic mass is 31.2. The maximum atomic E-state index is 13.4. The number of esters is 1. The average molecular weight is 991 g/mol. The van der Waals surface area contributed by atoms with Gasteiger partial charge in [-0.3, -0.25) is 18.6 Å². The largest absolute Gasteiger partial charge is 0.472 e. The summed E-state index contributed by atoms with van der Waals surface area (Å²) in [5, 5.41) is 3.00. The normalized spacial score (nSPS) is 14.2. The van der Waals surface area contributed by atoms with E-state index in [2.05, 4.69) is 68.6 Å². The Labute approximate surface area is 426 Å². The second-order valence-electron chi connectivity index (χ2n) is 20.5. The summed E-state index contributed by atoms with van der Waals surface area (Å²) in [4.78, 5) is 37.5. The van der Waals surface area contributed by atoms with Gasteiger partial charge in [0, 0.05) is 12.8 Å². The number of likely N-dealkylation sites (N-methyl/N-ethyl adjacent to an activating group) is 1. The fraction of sp³-hybridized carbons (Fsp3) is 0.797. The zero-order valence-corrected chi connectivity index (χ0v) is 46.7. The van der Waals surface area contributed by atoms with E-state index in [1.54, 1.807) is 0 Å². The summed E-state index contributed by atoms with van der Waals surface area (Å²) in [5.74, 6) is -0.591. The number of ether oxygens (including phenoxy) is 1. The molecular weight excluding hydrogens is 880 g/mol. The number of quaternary nitrogens is 1. The maximum Gasteiger partial charge on any atom is 0.472 e. The molecule has 0 saturated heterocycles. The lowest BCUT2D eigenvalue weighted by Gasteiger charge is -2.27. The third kappa shape index (κ3) is 50.4. The number of hydrogen-bond donors (Lipinski definition) is 2. The quantitative estimate of drug-likeness (QED) is 0.0205. The minimum absolute atomic E-state index is 0.0286. The van der Waals surface area contributed by atoms with Crippen LogP contribution < -0.4 is 5.32 Å². The molecule has 0 saturated carbocycles. The molecule has 0 aromatic rings. The summed E-state index contributed by atoms with van der Waals surface area (Å²) >= 11 is 0. The predicted octanol–water partition coefficient (Wildman–Crippen LogP) is 17.1. The molecule has 0 aromatic heterocycles. The fourth-order valence-electron chi connectivity index (χ4n) is 7.96. The predicted molar refractivity (Wildman–Crippen MR) is 295 cm³/mol. The molecule has 402 valence electrons. The van der Waals surface area contributed by atoms with Crippen molar-refractivity contribution in [2.45, 2.75) is 264 Å². The van der Waals surface area contributed by atoms with E-state index in [0.717, 1.165) is 70.6 Å². The Hall–Kier alpha value is -2.29. The number of amides is 1. The van der Waals surface area contributed by atoms with Crippen LogP contribution >= 0.6 is 7.82 Å². The van der Waals surface area contributed by atoms with E-state index in [1.807, 2.05) is 39.4 Å². The van der Waals surface area contributed by atoms with Crippen molar-refractivity contribution < 1.29 is 37.3 Å². The summed E-state index contributed by atoms with van der Waals surface area (Å²) in [6.45, 7) is 6.93. The third-order valence-corrected chi connectivity index (χ3v) is 13.4. The van der Waals surface area contributed by atoms with Gasteiger partial charge in [-0.05, 0) is 83.1 Å². The number of unbranched alkanes of at least 4 members (excludes halogenated alkanes) is 27. The summed E-state index contributed by atoms with van der Waals surface area (Å²) in [6, 6.07) is -0.881. The molecule has 0 rings (SSSR count). The number of hydrogen-bond acceptors (Lipinski definition) is 6. The highest BCUT2D eigenvalue weighted by Gasteiger charge is 2.30. The molecule has 0 aliphatic heterocycles. The van der Waals surface area contributed by atoms with E-state index in [4.69, 9.17) is 13.8 Å². The second kappa shape index (κ2) is 49.3. The van der Waals surface area contributed by atoms with Crippen molar-refractivity contribution in [2.75, 3.05) is 40.9 Å². The number of phosphoric ester groups is 1. The molecule has 3 atom stereocenters. The first-order chi connectivity index (χ1) is 33.4. The summed E-state index contributed by atoms with van der Waals surface area (Å²) in [7, 11) is 1.46. The van der Waals surface area contributed by atoms with Crippen molar-refractivity contribution >= 4 is 19.7 Å². The highest BCUT2D eigenvalue weighted by molar-refractivity contribution is 7.47. The standard InChI is InChI=1S/C59H109N2O7P/c1-7-10-13-16-19-22-25-28-29-30-31-34-37-40-43-46-49-52-59(63)68-57(50-47-44-41-38-35-32-26-23-20-17-14-11-8-2)56(55-67-69(64,65)66-54-53-61(4,5)6)60-58(62)51-48-45-42-39-36-33-27-24-21-18-15-12-9-3/h19,22,28-29,33,36,42,45,47,50,56-57H,7-18,20-21,23-27,30-32,34-35,37-41,43-44,46,48-49,51-55H2,1-6H3,(H-,60,62,64,65)/p+1/b22-19-,29-28-,36-33-,45-42+,50-47+. The van der Waals surface area contributed by atoms with Crippen molar-refractivity contribution in [3.8, 4) is 0 Å². The van der Waals surface area contributed by atoms with Crippen LogP contribution in [0.15, 0.2) is 60.8 Å². The van der Waals surface area contributed by atoms with Crippen molar-refractivity contribution in [3.05, 3.63) is 60.8 Å². The topological polar surface area (TPSA) is 111 Å². The minimum atomic E-state index is -4.46. The smallest absolute Gasteiger partial charge is 0.456 e. The van der Waals surface area contributed by atoms with E-state index in [0.29, 0.717) is 17.4 Å². The molecular formula is C59H110N2O7P+. The Balaban J connectivity index is 5.44. The van der Waals surface area contributed by atoms with Gasteiger partial charge in [0.1, 0.15) is 19.3 Å². The second-order valence-corrected chi connectivity index (χ2v) is 21.9. The van der Waals surface area contributed by atoms with Gasteiger partial charge in [-0.2, -0.15) is 0 Å². The van der Waals surface area contributed by atoms with E-state index in [-0.39, 0.29) is 37.9 Å². The molecule has 10 heteroatoms. The Bertz CT molecular complexity index is 1370. The van der Waals surface area contributed by atoms with Gasteiger partial charge in [-0.1, -0.05) is 217 Å². The van der Waals surface area contributed by atoms with Crippen LogP contribution in [0.5, 0.6) is 0 Å². The Morgan fingerprint density at radius 3 is 1.36 bits per heavy atom. The van der Waals surface area contributed by atoms with E-state index >= 15 is 0 Å². The van der Waals surface area contributed by atoms with Gasteiger partial charge in [-0.25, -0.2) is 4.57 Å². The maximum absolute atomic E-state index is 13.4. The molecule has 2 N–H and O–H groups in total. The fourth-order valence-corrected chi connectivity index (χ4v) is 8.70. The van der Waals surface area contributed by atoms with Crippen LogP contribution in [0.2, 0.25) is 0 Å². The minimum Gasteiger partial charge on any atom is -0.456 e. The van der Waals surface area contributed by atoms with Crippen molar-refractivity contribution in [1.82, 2.24) is 5.32 Å². The van der Waals surface area contributed by atoms with Gasteiger partial charge >= 0.3 is 13.8 Å². The van der Waals surface area contributed by atoms with Crippen LogP contribution in [0.1, 0.15) is 252 Å². The molecule has 3 unspecified atom stereocenters. The van der Waals surface area contributed by atoms with Crippen molar-refractivity contribution in [3.63, 3.8) is 0 Å². The molecule has 0 fully saturated rings. The molecule has 1 amide bonds. The number of nitrogens with zero attached hydrogens (tertiary/aromatic N) is 1. The zero-order chi connectivity index (χ0) is 50.8. The van der Waals surface area contributed by atoms with Gasteiger partial charge in [0.05, 0.1) is 33.8 Å². The first-order valence-corrected chi connectivity index (χ1v) is 30.1. The van der Waals surface area contributed by atoms with Crippen LogP contribution in [0, 0.1) is 0 Å². The number of phosphoric acid groups is 1. The van der Waals surface area contributed by atoms with Crippen LogP contribution in [0.3, 0.4) is 0 Å². The van der Waals surface area contributed by atoms with E-state index in [9.17, 15) is 19.0 Å². The SMILES string of the molecule is CCCCC/C=C\C/C=C\CCCCCCCCCC(=O)OC(/C=C/CCCCCCCCCCCCC)C(COP(=O)(O)OCC[N+](C)(C)C)NC(=O)CC/C=C/C/C=C\CCCCCCCC. The van der Waals surface area contributed by atoms with Crippen LogP contribution in [0.4, 0.5) is 0 Å². The Kier molecular flexibility index (Phi) is 47.7. The number of rotatable bonds is 51. The third-order valence-electron chi connectivity index (χ3n) is 12.4. The van der Waals surface area contributed by atoms with E-state index < -0.39 is 20.0 Å². The molecule has 0 aliphatic carbocycles. The average Bonchev–Trinajstić information content (AvgIpc) is 3.31. The van der Waals surface area contributed by atoms with Gasteiger partial charge in [-0.15, -0.1) is 0 Å². The van der Waals surface area contributed by atoms with E-state index in [1.165, 1.54) is 141 Å². The van der Waals surface area contributed by atoms with Crippen LogP contribution in [-0.4, -0.2) is 74.3 Å². The number of allylic oxidation sites excluding steroid dienone is 9. The zero-order valence-electron chi connectivity index (χ0n) is 45.8. The molecule has 0 radical (unpaired) electrons. The van der Waals surface area contributed by atoms with Gasteiger partial charge < -0.3 is 19.4 Å². The Morgan fingerprint density at radius 1 is 0.507 bits per heavy atom. The summed E-state index contributed by atoms with van der Waals surface area (Å²) < 4.78 is 30.5. The monoisotopic (exact) mass is 990 g/mol. The number of carbonyl (C=O) groups excluding carboxylic acids is 2. The molecule has 9 nitrogen and oxygen atoms in total. The van der Waals surface area contributed by atoms with Crippen LogP contribution in [-0.2, 0) is 27.9 Å². The van der Waals surface area contributed by atoms with Crippen molar-refractivity contribution in [2.24, 2.45) is 0 Å².